The van der Waals surface area contributed by atoms with Crippen molar-refractivity contribution in [2.75, 3.05) is 11.1 Å². The number of anilines is 1. The maximum absolute atomic E-state index is 13.2. The molecule has 148 valence electrons. The van der Waals surface area contributed by atoms with Crippen LogP contribution >= 0.6 is 11.8 Å². The predicted molar refractivity (Wildman–Crippen MR) is 112 cm³/mol. The number of rotatable bonds is 5. The van der Waals surface area contributed by atoms with Crippen LogP contribution in [0.25, 0.3) is 0 Å². The van der Waals surface area contributed by atoms with Gasteiger partial charge in [-0.25, -0.2) is 4.39 Å². The van der Waals surface area contributed by atoms with Gasteiger partial charge in [0.25, 0.3) is 0 Å². The first-order valence-electron chi connectivity index (χ1n) is 9.07. The molecule has 0 spiro atoms. The Bertz CT molecular complexity index is 1030. The first-order chi connectivity index (χ1) is 13.9. The minimum Gasteiger partial charge on any atom is -0.325 e. The lowest BCUT2D eigenvalue weighted by atomic mass is 9.87. The van der Waals surface area contributed by atoms with Crippen LogP contribution in [-0.4, -0.2) is 17.6 Å². The summed E-state index contributed by atoms with van der Waals surface area (Å²) < 4.78 is 13.2. The topological polar surface area (TPSA) is 82.0 Å². The highest BCUT2D eigenvalue weighted by atomic mass is 32.2. The molecule has 0 aromatic heterocycles. The van der Waals surface area contributed by atoms with Crippen molar-refractivity contribution in [1.82, 2.24) is 5.32 Å². The van der Waals surface area contributed by atoms with Crippen molar-refractivity contribution < 1.29 is 14.0 Å². The molecule has 1 heterocycles. The number of hydrogen-bond donors (Lipinski definition) is 2. The number of amides is 2. The van der Waals surface area contributed by atoms with E-state index in [9.17, 15) is 19.2 Å². The number of aryl methyl sites for hydroxylation is 2. The molecule has 2 aromatic carbocycles. The van der Waals surface area contributed by atoms with Crippen LogP contribution in [0.2, 0.25) is 0 Å². The molecule has 3 rings (SSSR count). The van der Waals surface area contributed by atoms with E-state index in [4.69, 9.17) is 0 Å². The molecule has 0 unspecified atom stereocenters. The lowest BCUT2D eigenvalue weighted by Gasteiger charge is -2.25. The third kappa shape index (κ3) is 5.04. The van der Waals surface area contributed by atoms with Crippen LogP contribution in [0.1, 0.15) is 29.0 Å². The van der Waals surface area contributed by atoms with Crippen molar-refractivity contribution in [2.24, 2.45) is 0 Å². The molecular formula is C22H20FN3O2S. The van der Waals surface area contributed by atoms with Gasteiger partial charge in [-0.2, -0.15) is 5.26 Å². The smallest absolute Gasteiger partial charge is 0.234 e. The number of benzene rings is 2. The molecule has 0 radical (unpaired) electrons. The maximum atomic E-state index is 13.2. The Morgan fingerprint density at radius 3 is 2.66 bits per heavy atom. The van der Waals surface area contributed by atoms with Crippen molar-refractivity contribution in [3.63, 3.8) is 0 Å². The van der Waals surface area contributed by atoms with Crippen molar-refractivity contribution in [3.05, 3.63) is 75.6 Å². The SMILES string of the molecule is Cc1ccc(NC(=O)CSC2=C(C#N)[C@@H](c3ccc(F)cc3)CC(=O)N2)c(C)c1. The number of hydrogen-bond acceptors (Lipinski definition) is 4. The van der Waals surface area contributed by atoms with Gasteiger partial charge in [-0.1, -0.05) is 41.6 Å². The van der Waals surface area contributed by atoms with E-state index in [-0.39, 0.29) is 29.8 Å². The zero-order valence-corrected chi connectivity index (χ0v) is 16.9. The fourth-order valence-corrected chi connectivity index (χ4v) is 4.07. The van der Waals surface area contributed by atoms with E-state index in [0.29, 0.717) is 16.2 Å². The van der Waals surface area contributed by atoms with E-state index in [2.05, 4.69) is 16.7 Å². The Labute approximate surface area is 173 Å². The summed E-state index contributed by atoms with van der Waals surface area (Å²) in [6.07, 6.45) is 0.105. The van der Waals surface area contributed by atoms with Crippen LogP contribution in [0.4, 0.5) is 10.1 Å². The highest BCUT2D eigenvalue weighted by Gasteiger charge is 2.29. The summed E-state index contributed by atoms with van der Waals surface area (Å²) in [4.78, 5) is 24.5. The minimum absolute atomic E-state index is 0.0459. The second-order valence-electron chi connectivity index (χ2n) is 6.87. The predicted octanol–water partition coefficient (Wildman–Crippen LogP) is 4.15. The molecule has 29 heavy (non-hydrogen) atoms. The molecule has 5 nitrogen and oxygen atoms in total. The Morgan fingerprint density at radius 1 is 1.28 bits per heavy atom. The molecule has 2 N–H and O–H groups in total. The number of carbonyl (C=O) groups is 2. The van der Waals surface area contributed by atoms with Crippen molar-refractivity contribution in [2.45, 2.75) is 26.2 Å². The molecule has 0 saturated carbocycles. The molecule has 1 aliphatic heterocycles. The van der Waals surface area contributed by atoms with E-state index in [0.717, 1.165) is 28.6 Å². The number of nitriles is 1. The lowest BCUT2D eigenvalue weighted by Crippen LogP contribution is -2.31. The van der Waals surface area contributed by atoms with Gasteiger partial charge in [0, 0.05) is 18.0 Å². The maximum Gasteiger partial charge on any atom is 0.234 e. The summed E-state index contributed by atoms with van der Waals surface area (Å²) in [5.41, 5.74) is 3.86. The van der Waals surface area contributed by atoms with Crippen LogP contribution < -0.4 is 10.6 Å². The Balaban J connectivity index is 1.75. The van der Waals surface area contributed by atoms with Crippen LogP contribution in [-0.2, 0) is 9.59 Å². The average molecular weight is 409 g/mol. The summed E-state index contributed by atoms with van der Waals surface area (Å²) in [5, 5.41) is 15.6. The Morgan fingerprint density at radius 2 is 2.00 bits per heavy atom. The summed E-state index contributed by atoms with van der Waals surface area (Å²) in [6.45, 7) is 3.90. The largest absolute Gasteiger partial charge is 0.325 e. The van der Waals surface area contributed by atoms with Gasteiger partial charge in [0.15, 0.2) is 0 Å². The van der Waals surface area contributed by atoms with Gasteiger partial charge in [-0.05, 0) is 43.2 Å². The molecule has 1 aliphatic rings. The number of carbonyl (C=O) groups excluding carboxylic acids is 2. The molecule has 7 heteroatoms. The second-order valence-corrected chi connectivity index (χ2v) is 7.85. The molecular weight excluding hydrogens is 389 g/mol. The normalized spacial score (nSPS) is 16.2. The van der Waals surface area contributed by atoms with Gasteiger partial charge in [0.1, 0.15) is 5.82 Å². The zero-order chi connectivity index (χ0) is 21.0. The quantitative estimate of drug-likeness (QED) is 0.777. The van der Waals surface area contributed by atoms with Crippen molar-refractivity contribution >= 4 is 29.3 Å². The number of nitrogens with one attached hydrogen (secondary N) is 2. The van der Waals surface area contributed by atoms with Gasteiger partial charge in [-0.3, -0.25) is 9.59 Å². The van der Waals surface area contributed by atoms with E-state index in [1.807, 2.05) is 32.0 Å². The van der Waals surface area contributed by atoms with E-state index in [1.165, 1.54) is 12.1 Å². The van der Waals surface area contributed by atoms with Gasteiger partial charge >= 0.3 is 0 Å². The van der Waals surface area contributed by atoms with Crippen LogP contribution in [0, 0.1) is 31.0 Å². The Hall–Kier alpha value is -3.11. The second kappa shape index (κ2) is 8.93. The first kappa shape index (κ1) is 20.6. The highest BCUT2D eigenvalue weighted by molar-refractivity contribution is 8.03. The molecule has 2 amide bonds. The fraction of sp³-hybridized carbons (Fsp3) is 0.227. The average Bonchev–Trinajstić information content (AvgIpc) is 2.68. The molecule has 1 atom stereocenters. The monoisotopic (exact) mass is 409 g/mol. The number of allylic oxidation sites excluding steroid dienone is 1. The molecule has 0 fully saturated rings. The van der Waals surface area contributed by atoms with E-state index < -0.39 is 5.92 Å². The molecule has 2 aromatic rings. The minimum atomic E-state index is -0.459. The standard InChI is InChI=1S/C22H20FN3O2S/c1-13-3-8-19(14(2)9-13)25-21(28)12-29-22-18(11-24)17(10-20(27)26-22)15-4-6-16(23)7-5-15/h3-9,17H,10,12H2,1-2H3,(H,25,28)(H,26,27)/t17-/m1/s1. The van der Waals surface area contributed by atoms with E-state index >= 15 is 0 Å². The van der Waals surface area contributed by atoms with Crippen molar-refractivity contribution in [1.29, 1.82) is 5.26 Å². The van der Waals surface area contributed by atoms with Crippen molar-refractivity contribution in [3.8, 4) is 6.07 Å². The number of halogens is 1. The van der Waals surface area contributed by atoms with Crippen LogP contribution in [0.15, 0.2) is 53.1 Å². The Kier molecular flexibility index (Phi) is 6.35. The number of thioether (sulfide) groups is 1. The van der Waals surface area contributed by atoms with Gasteiger partial charge in [0.05, 0.1) is 22.4 Å². The fourth-order valence-electron chi connectivity index (χ4n) is 3.19. The summed E-state index contributed by atoms with van der Waals surface area (Å²) in [5.74, 6) is -1.27. The van der Waals surface area contributed by atoms with Gasteiger partial charge in [0.2, 0.25) is 11.8 Å². The molecule has 0 aliphatic carbocycles. The van der Waals surface area contributed by atoms with Gasteiger partial charge in [-0.15, -0.1) is 0 Å². The van der Waals surface area contributed by atoms with Crippen LogP contribution in [0.3, 0.4) is 0 Å². The van der Waals surface area contributed by atoms with Gasteiger partial charge < -0.3 is 10.6 Å². The lowest BCUT2D eigenvalue weighted by molar-refractivity contribution is -0.121. The van der Waals surface area contributed by atoms with Crippen LogP contribution in [0.5, 0.6) is 0 Å². The third-order valence-electron chi connectivity index (χ3n) is 4.63. The third-order valence-corrected chi connectivity index (χ3v) is 5.65. The first-order valence-corrected chi connectivity index (χ1v) is 10.1. The van der Waals surface area contributed by atoms with E-state index in [1.54, 1.807) is 12.1 Å². The number of nitrogens with zero attached hydrogens (tertiary/aromatic N) is 1. The summed E-state index contributed by atoms with van der Waals surface area (Å²) in [6, 6.07) is 13.7. The summed E-state index contributed by atoms with van der Waals surface area (Å²) >= 11 is 1.11. The zero-order valence-electron chi connectivity index (χ0n) is 16.1. The summed E-state index contributed by atoms with van der Waals surface area (Å²) in [7, 11) is 0. The molecule has 0 bridgehead atoms. The molecule has 0 saturated heterocycles. The highest BCUT2D eigenvalue weighted by Crippen LogP contribution is 2.36.